The molecular weight excluding hydrogens is 284 g/mol. The number of aryl methyl sites for hydroxylation is 1. The van der Waals surface area contributed by atoms with Gasteiger partial charge in [-0.25, -0.2) is 9.97 Å². The molecule has 2 heterocycles. The van der Waals surface area contributed by atoms with E-state index < -0.39 is 0 Å². The Balaban J connectivity index is 1.77. The largest absolute Gasteiger partial charge is 0.379 e. The summed E-state index contributed by atoms with van der Waals surface area (Å²) in [6.07, 6.45) is 0. The highest BCUT2D eigenvalue weighted by atomic mass is 79.9. The summed E-state index contributed by atoms with van der Waals surface area (Å²) in [6.45, 7) is 7.53. The highest BCUT2D eigenvalue weighted by molar-refractivity contribution is 9.10. The molecule has 1 aliphatic heterocycles. The lowest BCUT2D eigenvalue weighted by Gasteiger charge is -2.26. The van der Waals surface area contributed by atoms with Gasteiger partial charge >= 0.3 is 0 Å². The van der Waals surface area contributed by atoms with Crippen LogP contribution in [-0.2, 0) is 4.74 Å². The maximum absolute atomic E-state index is 5.31. The molecule has 0 atom stereocenters. The van der Waals surface area contributed by atoms with Crippen LogP contribution in [0.5, 0.6) is 0 Å². The van der Waals surface area contributed by atoms with Gasteiger partial charge in [0.05, 0.1) is 13.2 Å². The minimum Gasteiger partial charge on any atom is -0.379 e. The molecule has 1 N–H and O–H groups in total. The fraction of sp³-hybridized carbons (Fsp3) is 0.636. The third-order valence-corrected chi connectivity index (χ3v) is 3.05. The molecular formula is C11H17BrN4O. The number of morpholine rings is 1. The van der Waals surface area contributed by atoms with E-state index in [2.05, 4.69) is 36.1 Å². The fourth-order valence-corrected chi connectivity index (χ4v) is 2.26. The second-order valence-electron chi connectivity index (χ2n) is 4.00. The molecule has 17 heavy (non-hydrogen) atoms. The summed E-state index contributed by atoms with van der Waals surface area (Å²) < 4.78 is 6.13. The standard InChI is InChI=1S/C11H17BrN4O/c1-9-14-10(12)8-11(15-9)13-2-3-16-4-6-17-7-5-16/h8H,2-7H2,1H3,(H,13,14,15). The maximum atomic E-state index is 5.31. The summed E-state index contributed by atoms with van der Waals surface area (Å²) in [7, 11) is 0. The third kappa shape index (κ3) is 4.22. The molecule has 0 aromatic carbocycles. The van der Waals surface area contributed by atoms with Gasteiger partial charge in [0, 0.05) is 32.2 Å². The molecule has 0 radical (unpaired) electrons. The van der Waals surface area contributed by atoms with E-state index in [-0.39, 0.29) is 0 Å². The lowest BCUT2D eigenvalue weighted by Crippen LogP contribution is -2.39. The van der Waals surface area contributed by atoms with Gasteiger partial charge in [-0.3, -0.25) is 4.90 Å². The number of hydrogen-bond acceptors (Lipinski definition) is 5. The molecule has 6 heteroatoms. The van der Waals surface area contributed by atoms with E-state index >= 15 is 0 Å². The van der Waals surface area contributed by atoms with Crippen LogP contribution in [-0.4, -0.2) is 54.3 Å². The van der Waals surface area contributed by atoms with Gasteiger partial charge in [0.25, 0.3) is 0 Å². The van der Waals surface area contributed by atoms with Gasteiger partial charge < -0.3 is 10.1 Å². The van der Waals surface area contributed by atoms with Crippen molar-refractivity contribution < 1.29 is 4.74 Å². The van der Waals surface area contributed by atoms with Crippen molar-refractivity contribution in [1.29, 1.82) is 0 Å². The summed E-state index contributed by atoms with van der Waals surface area (Å²) in [5.74, 6) is 1.64. The average molecular weight is 301 g/mol. The van der Waals surface area contributed by atoms with E-state index in [1.54, 1.807) is 0 Å². The number of anilines is 1. The Morgan fingerprint density at radius 1 is 1.41 bits per heavy atom. The van der Waals surface area contributed by atoms with Gasteiger partial charge in [-0.15, -0.1) is 0 Å². The van der Waals surface area contributed by atoms with Crippen molar-refractivity contribution >= 4 is 21.7 Å². The summed E-state index contributed by atoms with van der Waals surface area (Å²) in [5.41, 5.74) is 0. The van der Waals surface area contributed by atoms with Crippen LogP contribution in [0.1, 0.15) is 5.82 Å². The molecule has 0 aliphatic carbocycles. The van der Waals surface area contributed by atoms with Crippen molar-refractivity contribution in [2.24, 2.45) is 0 Å². The first kappa shape index (κ1) is 12.7. The van der Waals surface area contributed by atoms with Gasteiger partial charge in [-0.1, -0.05) is 0 Å². The minimum atomic E-state index is 0.772. The first-order valence-corrected chi connectivity index (χ1v) is 6.58. The Bertz CT molecular complexity index is 348. The number of nitrogens with zero attached hydrogens (tertiary/aromatic N) is 3. The molecule has 0 amide bonds. The van der Waals surface area contributed by atoms with Crippen molar-refractivity contribution in [3.8, 4) is 0 Å². The summed E-state index contributed by atoms with van der Waals surface area (Å²) in [4.78, 5) is 10.9. The Hall–Kier alpha value is -0.720. The van der Waals surface area contributed by atoms with Crippen molar-refractivity contribution in [2.75, 3.05) is 44.7 Å². The van der Waals surface area contributed by atoms with Gasteiger partial charge in [0.15, 0.2) is 0 Å². The topological polar surface area (TPSA) is 50.3 Å². The molecule has 1 saturated heterocycles. The molecule has 1 fully saturated rings. The van der Waals surface area contributed by atoms with E-state index in [1.165, 1.54) is 0 Å². The van der Waals surface area contributed by atoms with E-state index in [0.717, 1.165) is 55.6 Å². The molecule has 2 rings (SSSR count). The first-order valence-electron chi connectivity index (χ1n) is 5.79. The van der Waals surface area contributed by atoms with Crippen LogP contribution in [0.3, 0.4) is 0 Å². The Labute approximate surface area is 110 Å². The number of ether oxygens (including phenoxy) is 1. The molecule has 0 unspecified atom stereocenters. The van der Waals surface area contributed by atoms with Crippen LogP contribution in [0.4, 0.5) is 5.82 Å². The lowest BCUT2D eigenvalue weighted by atomic mass is 10.4. The van der Waals surface area contributed by atoms with Gasteiger partial charge in [-0.2, -0.15) is 0 Å². The van der Waals surface area contributed by atoms with Crippen LogP contribution >= 0.6 is 15.9 Å². The molecule has 0 spiro atoms. The van der Waals surface area contributed by atoms with Gasteiger partial charge in [-0.05, 0) is 22.9 Å². The molecule has 94 valence electrons. The van der Waals surface area contributed by atoms with E-state index in [0.29, 0.717) is 0 Å². The second-order valence-corrected chi connectivity index (χ2v) is 4.82. The van der Waals surface area contributed by atoms with Crippen molar-refractivity contribution in [2.45, 2.75) is 6.92 Å². The van der Waals surface area contributed by atoms with Crippen molar-refractivity contribution in [3.63, 3.8) is 0 Å². The normalized spacial score (nSPS) is 17.1. The highest BCUT2D eigenvalue weighted by Gasteiger charge is 2.09. The zero-order chi connectivity index (χ0) is 12.1. The van der Waals surface area contributed by atoms with E-state index in [9.17, 15) is 0 Å². The van der Waals surface area contributed by atoms with Crippen LogP contribution in [0.2, 0.25) is 0 Å². The third-order valence-electron chi connectivity index (χ3n) is 2.64. The fourth-order valence-electron chi connectivity index (χ4n) is 1.79. The zero-order valence-electron chi connectivity index (χ0n) is 9.95. The lowest BCUT2D eigenvalue weighted by molar-refractivity contribution is 0.0398. The minimum absolute atomic E-state index is 0.772. The molecule has 0 saturated carbocycles. The Morgan fingerprint density at radius 3 is 2.88 bits per heavy atom. The average Bonchev–Trinajstić information content (AvgIpc) is 2.29. The number of nitrogens with one attached hydrogen (secondary N) is 1. The van der Waals surface area contributed by atoms with Crippen LogP contribution in [0.25, 0.3) is 0 Å². The van der Waals surface area contributed by atoms with Crippen molar-refractivity contribution in [3.05, 3.63) is 16.5 Å². The molecule has 1 aliphatic rings. The monoisotopic (exact) mass is 300 g/mol. The van der Waals surface area contributed by atoms with E-state index in [1.807, 2.05) is 13.0 Å². The van der Waals surface area contributed by atoms with Gasteiger partial charge in [0.1, 0.15) is 16.2 Å². The quantitative estimate of drug-likeness (QED) is 0.849. The Kier molecular flexibility index (Phi) is 4.70. The van der Waals surface area contributed by atoms with Crippen LogP contribution in [0.15, 0.2) is 10.7 Å². The molecule has 5 nitrogen and oxygen atoms in total. The number of halogens is 1. The smallest absolute Gasteiger partial charge is 0.130 e. The van der Waals surface area contributed by atoms with Crippen LogP contribution < -0.4 is 5.32 Å². The van der Waals surface area contributed by atoms with E-state index in [4.69, 9.17) is 4.74 Å². The summed E-state index contributed by atoms with van der Waals surface area (Å²) >= 11 is 3.36. The highest BCUT2D eigenvalue weighted by Crippen LogP contribution is 2.11. The maximum Gasteiger partial charge on any atom is 0.130 e. The van der Waals surface area contributed by atoms with Crippen LogP contribution in [0, 0.1) is 6.92 Å². The first-order chi connectivity index (χ1) is 8.24. The van der Waals surface area contributed by atoms with Gasteiger partial charge in [0.2, 0.25) is 0 Å². The predicted octanol–water partition coefficient (Wildman–Crippen LogP) is 1.29. The summed E-state index contributed by atoms with van der Waals surface area (Å²) in [6, 6.07) is 1.90. The Morgan fingerprint density at radius 2 is 2.18 bits per heavy atom. The number of rotatable bonds is 4. The predicted molar refractivity (Wildman–Crippen MR) is 70.2 cm³/mol. The number of hydrogen-bond donors (Lipinski definition) is 1. The summed E-state index contributed by atoms with van der Waals surface area (Å²) in [5, 5.41) is 3.31. The second kappa shape index (κ2) is 6.28. The van der Waals surface area contributed by atoms with Crippen molar-refractivity contribution in [1.82, 2.24) is 14.9 Å². The molecule has 0 bridgehead atoms. The molecule has 1 aromatic rings. The number of aromatic nitrogens is 2. The zero-order valence-corrected chi connectivity index (χ0v) is 11.5. The SMILES string of the molecule is Cc1nc(Br)cc(NCCN2CCOCC2)n1. The molecule has 1 aromatic heterocycles.